The Kier molecular flexibility index (Phi) is 7.76. The summed E-state index contributed by atoms with van der Waals surface area (Å²) in [6.07, 6.45) is 0.812. The van der Waals surface area contributed by atoms with Crippen LogP contribution in [0.4, 0.5) is 0 Å². The molecule has 0 radical (unpaired) electrons. The first-order valence-corrected chi connectivity index (χ1v) is 11.7. The number of nitrogens with zero attached hydrogens (tertiary/aromatic N) is 3. The van der Waals surface area contributed by atoms with Gasteiger partial charge < -0.3 is 9.64 Å². The number of carbonyl (C=O) groups excluding carboxylic acids is 1. The molecule has 0 atom stereocenters. The summed E-state index contributed by atoms with van der Waals surface area (Å²) in [5, 5.41) is 7.77. The zero-order valence-corrected chi connectivity index (χ0v) is 19.3. The standard InChI is InChI=1S/C26H26N4O2S/c1-32-23-14-12-22(13-15-23)25-27-26(29-28-25)33-19-24(31)30(18-21-10-6-3-7-11-21)17-16-20-8-4-2-5-9-20/h2-15H,16-19H2,1H3,(H,27,28,29). The van der Waals surface area contributed by atoms with Gasteiger partial charge in [0.05, 0.1) is 12.9 Å². The SMILES string of the molecule is COc1ccc(-c2nc(SCC(=O)N(CCc3ccccc3)Cc3ccccc3)n[nH]2)cc1. The fourth-order valence-electron chi connectivity index (χ4n) is 3.41. The van der Waals surface area contributed by atoms with Gasteiger partial charge in [-0.05, 0) is 41.8 Å². The van der Waals surface area contributed by atoms with Crippen LogP contribution in [0.2, 0.25) is 0 Å². The molecule has 4 aromatic rings. The van der Waals surface area contributed by atoms with Gasteiger partial charge in [-0.1, -0.05) is 72.4 Å². The number of benzene rings is 3. The molecule has 1 N–H and O–H groups in total. The van der Waals surface area contributed by atoms with Crippen LogP contribution in [-0.4, -0.2) is 45.4 Å². The summed E-state index contributed by atoms with van der Waals surface area (Å²) in [6, 6.07) is 27.9. The first kappa shape index (κ1) is 22.6. The Labute approximate surface area is 198 Å². The second kappa shape index (κ2) is 11.3. The summed E-state index contributed by atoms with van der Waals surface area (Å²) in [5.41, 5.74) is 3.24. The van der Waals surface area contributed by atoms with Crippen LogP contribution in [-0.2, 0) is 17.8 Å². The van der Waals surface area contributed by atoms with Gasteiger partial charge in [-0.15, -0.1) is 5.10 Å². The smallest absolute Gasteiger partial charge is 0.233 e. The third-order valence-corrected chi connectivity index (χ3v) is 6.07. The van der Waals surface area contributed by atoms with Crippen molar-refractivity contribution >= 4 is 17.7 Å². The van der Waals surface area contributed by atoms with Gasteiger partial charge in [-0.2, -0.15) is 0 Å². The van der Waals surface area contributed by atoms with E-state index in [-0.39, 0.29) is 11.7 Å². The van der Waals surface area contributed by atoms with Crippen molar-refractivity contribution in [3.05, 3.63) is 96.1 Å². The fraction of sp³-hybridized carbons (Fsp3) is 0.192. The predicted octanol–water partition coefficient (Wildman–Crippen LogP) is 4.84. The van der Waals surface area contributed by atoms with E-state index in [4.69, 9.17) is 4.74 Å². The third-order valence-electron chi connectivity index (χ3n) is 5.24. The van der Waals surface area contributed by atoms with Crippen LogP contribution < -0.4 is 4.74 Å². The molecule has 0 aliphatic carbocycles. The van der Waals surface area contributed by atoms with E-state index in [1.54, 1.807) is 7.11 Å². The van der Waals surface area contributed by atoms with Gasteiger partial charge >= 0.3 is 0 Å². The Morgan fingerprint density at radius 2 is 1.61 bits per heavy atom. The summed E-state index contributed by atoms with van der Waals surface area (Å²) in [5.74, 6) is 1.79. The van der Waals surface area contributed by atoms with Crippen molar-refractivity contribution < 1.29 is 9.53 Å². The molecule has 4 rings (SSSR count). The molecule has 0 fully saturated rings. The van der Waals surface area contributed by atoms with E-state index >= 15 is 0 Å². The Morgan fingerprint density at radius 3 is 2.27 bits per heavy atom. The number of aromatic nitrogens is 3. The second-order valence-corrected chi connectivity index (χ2v) is 8.46. The lowest BCUT2D eigenvalue weighted by molar-refractivity contribution is -0.128. The average Bonchev–Trinajstić information content (AvgIpc) is 3.35. The molecule has 0 unspecified atom stereocenters. The monoisotopic (exact) mass is 458 g/mol. The van der Waals surface area contributed by atoms with Crippen LogP contribution >= 0.6 is 11.8 Å². The highest BCUT2D eigenvalue weighted by Crippen LogP contribution is 2.22. The molecule has 0 aliphatic rings. The molecule has 7 heteroatoms. The Balaban J connectivity index is 1.39. The zero-order valence-electron chi connectivity index (χ0n) is 18.5. The number of nitrogens with one attached hydrogen (secondary N) is 1. The minimum Gasteiger partial charge on any atom is -0.497 e. The van der Waals surface area contributed by atoms with Crippen molar-refractivity contribution in [2.24, 2.45) is 0 Å². The lowest BCUT2D eigenvalue weighted by atomic mass is 10.1. The maximum Gasteiger partial charge on any atom is 0.233 e. The molecule has 1 aromatic heterocycles. The number of rotatable bonds is 10. The molecule has 0 bridgehead atoms. The van der Waals surface area contributed by atoms with Crippen LogP contribution in [0.5, 0.6) is 5.75 Å². The van der Waals surface area contributed by atoms with Gasteiger partial charge in [-0.3, -0.25) is 9.89 Å². The van der Waals surface area contributed by atoms with Crippen LogP contribution in [0.15, 0.2) is 90.1 Å². The Bertz CT molecular complexity index is 1150. The first-order valence-electron chi connectivity index (χ1n) is 10.8. The van der Waals surface area contributed by atoms with Crippen molar-refractivity contribution in [3.63, 3.8) is 0 Å². The highest BCUT2D eigenvalue weighted by Gasteiger charge is 2.16. The summed E-state index contributed by atoms with van der Waals surface area (Å²) in [4.78, 5) is 19.6. The molecule has 0 spiro atoms. The quantitative estimate of drug-likeness (QED) is 0.344. The molecule has 1 amide bonds. The largest absolute Gasteiger partial charge is 0.497 e. The number of H-pyrrole nitrogens is 1. The van der Waals surface area contributed by atoms with Gasteiger partial charge in [-0.25, -0.2) is 4.98 Å². The number of ether oxygens (including phenoxy) is 1. The van der Waals surface area contributed by atoms with Crippen LogP contribution in [0.1, 0.15) is 11.1 Å². The Morgan fingerprint density at radius 1 is 0.939 bits per heavy atom. The summed E-state index contributed by atoms with van der Waals surface area (Å²) in [7, 11) is 1.64. The molecule has 0 saturated carbocycles. The molecule has 6 nitrogen and oxygen atoms in total. The number of methoxy groups -OCH3 is 1. The molecule has 0 saturated heterocycles. The number of amides is 1. The van der Waals surface area contributed by atoms with Crippen molar-refractivity contribution in [1.82, 2.24) is 20.1 Å². The zero-order chi connectivity index (χ0) is 22.9. The molecule has 0 aliphatic heterocycles. The van der Waals surface area contributed by atoms with E-state index in [9.17, 15) is 4.79 Å². The predicted molar refractivity (Wildman–Crippen MR) is 131 cm³/mol. The first-order chi connectivity index (χ1) is 16.2. The van der Waals surface area contributed by atoms with Crippen molar-refractivity contribution in [2.45, 2.75) is 18.1 Å². The highest BCUT2D eigenvalue weighted by atomic mass is 32.2. The minimum absolute atomic E-state index is 0.0654. The van der Waals surface area contributed by atoms with Crippen LogP contribution in [0, 0.1) is 0 Å². The molecule has 168 valence electrons. The van der Waals surface area contributed by atoms with E-state index in [0.717, 1.165) is 23.3 Å². The van der Waals surface area contributed by atoms with E-state index in [0.29, 0.717) is 24.1 Å². The number of hydrogen-bond acceptors (Lipinski definition) is 5. The lowest BCUT2D eigenvalue weighted by Gasteiger charge is -2.23. The summed E-state index contributed by atoms with van der Waals surface area (Å²) >= 11 is 1.34. The van der Waals surface area contributed by atoms with Gasteiger partial charge in [0.1, 0.15) is 5.75 Å². The number of thioether (sulfide) groups is 1. The van der Waals surface area contributed by atoms with E-state index in [2.05, 4.69) is 27.3 Å². The second-order valence-electron chi connectivity index (χ2n) is 7.52. The van der Waals surface area contributed by atoms with Gasteiger partial charge in [0.2, 0.25) is 11.1 Å². The van der Waals surface area contributed by atoms with E-state index in [1.807, 2.05) is 77.7 Å². The topological polar surface area (TPSA) is 71.1 Å². The molecular formula is C26H26N4O2S. The maximum atomic E-state index is 13.1. The molecule has 33 heavy (non-hydrogen) atoms. The van der Waals surface area contributed by atoms with Gasteiger partial charge in [0.25, 0.3) is 0 Å². The maximum absolute atomic E-state index is 13.1. The highest BCUT2D eigenvalue weighted by molar-refractivity contribution is 7.99. The number of hydrogen-bond donors (Lipinski definition) is 1. The number of carbonyl (C=O) groups is 1. The lowest BCUT2D eigenvalue weighted by Crippen LogP contribution is -2.33. The van der Waals surface area contributed by atoms with Crippen molar-refractivity contribution in [3.8, 4) is 17.1 Å². The summed E-state index contributed by atoms with van der Waals surface area (Å²) in [6.45, 7) is 1.24. The van der Waals surface area contributed by atoms with Crippen molar-refractivity contribution in [2.75, 3.05) is 19.4 Å². The molecule has 1 heterocycles. The normalized spacial score (nSPS) is 10.7. The van der Waals surface area contributed by atoms with Gasteiger partial charge in [0, 0.05) is 18.7 Å². The Hall–Kier alpha value is -3.58. The summed E-state index contributed by atoms with van der Waals surface area (Å²) < 4.78 is 5.20. The van der Waals surface area contributed by atoms with E-state index < -0.39 is 0 Å². The van der Waals surface area contributed by atoms with Crippen molar-refractivity contribution in [1.29, 1.82) is 0 Å². The van der Waals surface area contributed by atoms with Gasteiger partial charge in [0.15, 0.2) is 5.82 Å². The van der Waals surface area contributed by atoms with E-state index in [1.165, 1.54) is 17.3 Å². The third kappa shape index (κ3) is 6.46. The van der Waals surface area contributed by atoms with Crippen LogP contribution in [0.25, 0.3) is 11.4 Å². The molecular weight excluding hydrogens is 432 g/mol. The average molecular weight is 459 g/mol. The van der Waals surface area contributed by atoms with Crippen LogP contribution in [0.3, 0.4) is 0 Å². The fourth-order valence-corrected chi connectivity index (χ4v) is 4.11. The minimum atomic E-state index is 0.0654. The number of aromatic amines is 1. The molecule has 3 aromatic carbocycles.